The van der Waals surface area contributed by atoms with Crippen LogP contribution in [0.2, 0.25) is 0 Å². The molecule has 0 heterocycles. The Kier molecular flexibility index (Phi) is 5.22. The summed E-state index contributed by atoms with van der Waals surface area (Å²) in [6.45, 7) is 6.26. The molecule has 2 N–H and O–H groups in total. The van der Waals surface area contributed by atoms with Gasteiger partial charge in [0.15, 0.2) is 0 Å². The highest BCUT2D eigenvalue weighted by Crippen LogP contribution is 2.27. The molecule has 1 rings (SSSR count). The third-order valence-corrected chi connectivity index (χ3v) is 3.81. The number of aliphatic carboxylic acids is 1. The normalized spacial score (nSPS) is 26.5. The van der Waals surface area contributed by atoms with E-state index in [4.69, 9.17) is 5.11 Å². The van der Waals surface area contributed by atoms with Gasteiger partial charge in [0.1, 0.15) is 0 Å². The first-order valence-corrected chi connectivity index (χ1v) is 6.22. The fourth-order valence-corrected chi connectivity index (χ4v) is 2.00. The third kappa shape index (κ3) is 3.46. The molecule has 0 bridgehead atoms. The molecular formula is C12H24N2O2. The smallest absolute Gasteiger partial charge is 0.308 e. The number of likely N-dealkylation sites (N-methyl/N-ethyl adjacent to an activating group) is 1. The molecule has 1 aliphatic carbocycles. The number of hydrogen-bond donors (Lipinski definition) is 2. The van der Waals surface area contributed by atoms with Crippen molar-refractivity contribution in [3.8, 4) is 0 Å². The van der Waals surface area contributed by atoms with Crippen molar-refractivity contribution in [3.63, 3.8) is 0 Å². The molecule has 94 valence electrons. The molecule has 16 heavy (non-hydrogen) atoms. The summed E-state index contributed by atoms with van der Waals surface area (Å²) in [5.41, 5.74) is 0. The highest BCUT2D eigenvalue weighted by atomic mass is 16.4. The topological polar surface area (TPSA) is 52.6 Å². The summed E-state index contributed by atoms with van der Waals surface area (Å²) in [5, 5.41) is 12.2. The minimum absolute atomic E-state index is 0.158. The highest BCUT2D eigenvalue weighted by molar-refractivity contribution is 5.72. The van der Waals surface area contributed by atoms with Crippen molar-refractivity contribution >= 4 is 5.97 Å². The molecule has 4 heteroatoms. The molecule has 0 spiro atoms. The number of rotatable bonds is 7. The maximum absolute atomic E-state index is 10.8. The quantitative estimate of drug-likeness (QED) is 0.687. The van der Waals surface area contributed by atoms with Crippen molar-refractivity contribution in [2.75, 3.05) is 20.1 Å². The maximum atomic E-state index is 10.8. The van der Waals surface area contributed by atoms with Gasteiger partial charge in [-0.15, -0.1) is 0 Å². The van der Waals surface area contributed by atoms with E-state index in [0.29, 0.717) is 6.04 Å². The molecule has 0 aromatic rings. The van der Waals surface area contributed by atoms with Crippen molar-refractivity contribution in [2.24, 2.45) is 5.92 Å². The average Bonchev–Trinajstić information content (AvgIpc) is 2.20. The zero-order chi connectivity index (χ0) is 12.1. The van der Waals surface area contributed by atoms with E-state index in [1.54, 1.807) is 0 Å². The van der Waals surface area contributed by atoms with Gasteiger partial charge in [-0.25, -0.2) is 0 Å². The van der Waals surface area contributed by atoms with Gasteiger partial charge in [0.25, 0.3) is 0 Å². The first-order valence-electron chi connectivity index (χ1n) is 6.22. The number of nitrogens with one attached hydrogen (secondary N) is 1. The molecule has 1 fully saturated rings. The van der Waals surface area contributed by atoms with E-state index in [1.165, 1.54) is 0 Å². The van der Waals surface area contributed by atoms with Gasteiger partial charge in [0.2, 0.25) is 0 Å². The fraction of sp³-hybridized carbons (Fsp3) is 0.917. The van der Waals surface area contributed by atoms with Gasteiger partial charge in [-0.3, -0.25) is 4.79 Å². The number of carboxylic acid groups (broad SMARTS) is 1. The largest absolute Gasteiger partial charge is 0.481 e. The average molecular weight is 228 g/mol. The second-order valence-corrected chi connectivity index (χ2v) is 4.82. The lowest BCUT2D eigenvalue weighted by Crippen LogP contribution is -2.49. The molecule has 1 aliphatic rings. The highest BCUT2D eigenvalue weighted by Gasteiger charge is 2.35. The summed E-state index contributed by atoms with van der Waals surface area (Å²) in [7, 11) is 2.12. The maximum Gasteiger partial charge on any atom is 0.308 e. The molecule has 0 amide bonds. The number of carboxylic acids is 1. The van der Waals surface area contributed by atoms with Crippen LogP contribution < -0.4 is 5.32 Å². The van der Waals surface area contributed by atoms with Crippen LogP contribution >= 0.6 is 0 Å². The summed E-state index contributed by atoms with van der Waals surface area (Å²) in [6, 6.07) is 0.793. The van der Waals surface area contributed by atoms with Crippen LogP contribution in [0.25, 0.3) is 0 Å². The van der Waals surface area contributed by atoms with Gasteiger partial charge in [-0.2, -0.15) is 0 Å². The Morgan fingerprint density at radius 1 is 1.56 bits per heavy atom. The van der Waals surface area contributed by atoms with E-state index in [-0.39, 0.29) is 12.0 Å². The monoisotopic (exact) mass is 228 g/mol. The Labute approximate surface area is 98.0 Å². The lowest BCUT2D eigenvalue weighted by atomic mass is 9.79. The van der Waals surface area contributed by atoms with Crippen LogP contribution in [-0.4, -0.2) is 48.2 Å². The molecule has 0 aromatic heterocycles. The van der Waals surface area contributed by atoms with E-state index in [2.05, 4.69) is 31.1 Å². The van der Waals surface area contributed by atoms with Gasteiger partial charge in [0.05, 0.1) is 5.92 Å². The Bertz CT molecular complexity index is 233. The van der Waals surface area contributed by atoms with Crippen LogP contribution in [0, 0.1) is 5.92 Å². The van der Waals surface area contributed by atoms with Crippen LogP contribution in [0.1, 0.15) is 33.1 Å². The second kappa shape index (κ2) is 6.21. The summed E-state index contributed by atoms with van der Waals surface area (Å²) in [5.74, 6) is -0.812. The molecule has 1 saturated carbocycles. The Balaban J connectivity index is 2.14. The standard InChI is InChI=1S/C12H24N2O2/c1-4-9(2)14(3)8-7-13-11-6-5-10(11)12(15)16/h9-11,13H,4-8H2,1-3H3,(H,15,16). The minimum Gasteiger partial charge on any atom is -0.481 e. The SMILES string of the molecule is CCC(C)N(C)CCNC1CCC1C(=O)O. The molecular weight excluding hydrogens is 204 g/mol. The molecule has 4 nitrogen and oxygen atoms in total. The lowest BCUT2D eigenvalue weighted by molar-refractivity contribution is -0.146. The zero-order valence-corrected chi connectivity index (χ0v) is 10.6. The molecule has 0 radical (unpaired) electrons. The minimum atomic E-state index is -0.654. The summed E-state index contributed by atoms with van der Waals surface area (Å²) >= 11 is 0. The predicted octanol–water partition coefficient (Wildman–Crippen LogP) is 1.17. The fourth-order valence-electron chi connectivity index (χ4n) is 2.00. The number of nitrogens with zero attached hydrogens (tertiary/aromatic N) is 1. The molecule has 0 saturated heterocycles. The Morgan fingerprint density at radius 2 is 2.25 bits per heavy atom. The van der Waals surface area contributed by atoms with Gasteiger partial charge < -0.3 is 15.3 Å². The van der Waals surface area contributed by atoms with E-state index < -0.39 is 5.97 Å². The van der Waals surface area contributed by atoms with Crippen molar-refractivity contribution in [1.82, 2.24) is 10.2 Å². The van der Waals surface area contributed by atoms with E-state index in [0.717, 1.165) is 32.4 Å². The molecule has 0 aromatic carbocycles. The van der Waals surface area contributed by atoms with Crippen LogP contribution in [0.15, 0.2) is 0 Å². The summed E-state index contributed by atoms with van der Waals surface area (Å²) in [6.07, 6.45) is 2.98. The predicted molar refractivity (Wildman–Crippen MR) is 64.5 cm³/mol. The zero-order valence-electron chi connectivity index (χ0n) is 10.6. The van der Waals surface area contributed by atoms with Gasteiger partial charge in [-0.05, 0) is 33.2 Å². The van der Waals surface area contributed by atoms with Crippen LogP contribution in [-0.2, 0) is 4.79 Å². The van der Waals surface area contributed by atoms with Crippen LogP contribution in [0.5, 0.6) is 0 Å². The van der Waals surface area contributed by atoms with Crippen LogP contribution in [0.4, 0.5) is 0 Å². The van der Waals surface area contributed by atoms with Gasteiger partial charge >= 0.3 is 5.97 Å². The summed E-state index contributed by atoms with van der Waals surface area (Å²) in [4.78, 5) is 13.1. The molecule has 3 atom stereocenters. The van der Waals surface area contributed by atoms with Crippen molar-refractivity contribution < 1.29 is 9.90 Å². The molecule has 3 unspecified atom stereocenters. The Hall–Kier alpha value is -0.610. The van der Waals surface area contributed by atoms with Gasteiger partial charge in [0, 0.05) is 25.2 Å². The second-order valence-electron chi connectivity index (χ2n) is 4.82. The van der Waals surface area contributed by atoms with Crippen LogP contribution in [0.3, 0.4) is 0 Å². The Morgan fingerprint density at radius 3 is 2.69 bits per heavy atom. The van der Waals surface area contributed by atoms with Gasteiger partial charge in [-0.1, -0.05) is 6.92 Å². The lowest BCUT2D eigenvalue weighted by Gasteiger charge is -2.35. The van der Waals surface area contributed by atoms with E-state index in [9.17, 15) is 4.79 Å². The summed E-state index contributed by atoms with van der Waals surface area (Å²) < 4.78 is 0. The van der Waals surface area contributed by atoms with E-state index in [1.807, 2.05) is 0 Å². The number of carbonyl (C=O) groups is 1. The first-order chi connectivity index (χ1) is 7.56. The molecule has 0 aliphatic heterocycles. The van der Waals surface area contributed by atoms with E-state index >= 15 is 0 Å². The van der Waals surface area contributed by atoms with Crippen molar-refractivity contribution in [2.45, 2.75) is 45.2 Å². The van der Waals surface area contributed by atoms with Crippen molar-refractivity contribution in [1.29, 1.82) is 0 Å². The third-order valence-electron chi connectivity index (χ3n) is 3.81. The number of hydrogen-bond acceptors (Lipinski definition) is 3. The van der Waals surface area contributed by atoms with Crippen molar-refractivity contribution in [3.05, 3.63) is 0 Å². The first kappa shape index (κ1) is 13.5.